The summed E-state index contributed by atoms with van der Waals surface area (Å²) < 4.78 is 67.8. The Balaban J connectivity index is 1.93. The average Bonchev–Trinajstić information content (AvgIpc) is 3.36. The highest BCUT2D eigenvalue weighted by Gasteiger charge is 2.36. The minimum atomic E-state index is -4.93. The Kier molecular flexibility index (Phi) is 5.18. The summed E-state index contributed by atoms with van der Waals surface area (Å²) in [5, 5.41) is 13.1. The number of nitrogens with one attached hydrogen (secondary N) is 1. The second-order valence-corrected chi connectivity index (χ2v) is 9.75. The van der Waals surface area contributed by atoms with Gasteiger partial charge in [0.25, 0.3) is 15.9 Å². The Hall–Kier alpha value is -2.87. The standard InChI is InChI=1S/C19H19F3N4O3S/c1-18(2,3)26-16(11-4-5-11)9-15(24-26)17(27)25-30(28,29)13-7-6-12(10-23)14(8-13)19(20,21)22/h6-9,11H,4-5H2,1-3H3,(H,25,27). The van der Waals surface area contributed by atoms with Crippen LogP contribution in [0.5, 0.6) is 0 Å². The summed E-state index contributed by atoms with van der Waals surface area (Å²) in [5.74, 6) is -0.805. The smallest absolute Gasteiger partial charge is 0.266 e. The van der Waals surface area contributed by atoms with Crippen molar-refractivity contribution >= 4 is 15.9 Å². The quantitative estimate of drug-likeness (QED) is 0.783. The summed E-state index contributed by atoms with van der Waals surface area (Å²) in [7, 11) is -4.62. The van der Waals surface area contributed by atoms with E-state index in [4.69, 9.17) is 5.26 Å². The summed E-state index contributed by atoms with van der Waals surface area (Å²) in [6.07, 6.45) is -3.05. The molecule has 2 aromatic rings. The lowest BCUT2D eigenvalue weighted by Crippen LogP contribution is -2.32. The topological polar surface area (TPSA) is 105 Å². The summed E-state index contributed by atoms with van der Waals surface area (Å²) in [4.78, 5) is 11.8. The van der Waals surface area contributed by atoms with E-state index in [9.17, 15) is 26.4 Å². The fourth-order valence-electron chi connectivity index (χ4n) is 2.97. The predicted molar refractivity (Wildman–Crippen MR) is 100 cm³/mol. The lowest BCUT2D eigenvalue weighted by Gasteiger charge is -2.22. The van der Waals surface area contributed by atoms with Crippen molar-refractivity contribution in [3.8, 4) is 6.07 Å². The molecule has 1 aliphatic carbocycles. The molecule has 1 saturated carbocycles. The molecule has 1 N–H and O–H groups in total. The van der Waals surface area contributed by atoms with Gasteiger partial charge >= 0.3 is 6.18 Å². The van der Waals surface area contributed by atoms with Crippen LogP contribution in [0.25, 0.3) is 0 Å². The molecule has 0 radical (unpaired) electrons. The molecule has 1 aliphatic rings. The Morgan fingerprint density at radius 1 is 1.23 bits per heavy atom. The number of halogens is 3. The van der Waals surface area contributed by atoms with Crippen LogP contribution in [0.15, 0.2) is 29.2 Å². The minimum absolute atomic E-state index is 0.139. The van der Waals surface area contributed by atoms with Crippen molar-refractivity contribution in [2.75, 3.05) is 0 Å². The number of nitriles is 1. The highest BCUT2D eigenvalue weighted by Crippen LogP contribution is 2.41. The van der Waals surface area contributed by atoms with E-state index in [1.807, 2.05) is 20.8 Å². The maximum atomic E-state index is 13.1. The first-order chi connectivity index (χ1) is 13.7. The third-order valence-electron chi connectivity index (χ3n) is 4.55. The van der Waals surface area contributed by atoms with Crippen molar-refractivity contribution in [3.63, 3.8) is 0 Å². The molecule has 0 atom stereocenters. The zero-order valence-electron chi connectivity index (χ0n) is 16.4. The Bertz CT molecular complexity index is 1150. The van der Waals surface area contributed by atoms with Gasteiger partial charge in [-0.2, -0.15) is 23.5 Å². The van der Waals surface area contributed by atoms with E-state index in [1.165, 1.54) is 12.1 Å². The highest BCUT2D eigenvalue weighted by molar-refractivity contribution is 7.90. The molecule has 0 aliphatic heterocycles. The van der Waals surface area contributed by atoms with E-state index in [0.717, 1.165) is 30.7 Å². The fourth-order valence-corrected chi connectivity index (χ4v) is 3.96. The number of carbonyl (C=O) groups excluding carboxylic acids is 1. The van der Waals surface area contributed by atoms with Gasteiger partial charge in [-0.25, -0.2) is 13.1 Å². The van der Waals surface area contributed by atoms with Gasteiger partial charge in [0.05, 0.1) is 27.6 Å². The lowest BCUT2D eigenvalue weighted by molar-refractivity contribution is -0.137. The predicted octanol–water partition coefficient (Wildman–Crippen LogP) is 3.52. The number of aromatic nitrogens is 2. The lowest BCUT2D eigenvalue weighted by atomic mass is 10.1. The molecule has 1 aromatic heterocycles. The fraction of sp³-hybridized carbons (Fsp3) is 0.421. The molecule has 3 rings (SSSR count). The van der Waals surface area contributed by atoms with Crippen LogP contribution in [-0.4, -0.2) is 24.1 Å². The molecule has 1 fully saturated rings. The number of sulfonamides is 1. The number of alkyl halides is 3. The average molecular weight is 440 g/mol. The van der Waals surface area contributed by atoms with Crippen LogP contribution in [0.1, 0.15) is 66.8 Å². The van der Waals surface area contributed by atoms with Crippen molar-refractivity contribution in [1.82, 2.24) is 14.5 Å². The molecule has 0 unspecified atom stereocenters. The van der Waals surface area contributed by atoms with Gasteiger partial charge in [-0.05, 0) is 57.9 Å². The number of rotatable bonds is 4. The van der Waals surface area contributed by atoms with Gasteiger partial charge in [0.15, 0.2) is 5.69 Å². The van der Waals surface area contributed by atoms with Crippen molar-refractivity contribution < 1.29 is 26.4 Å². The van der Waals surface area contributed by atoms with Crippen LogP contribution in [0.2, 0.25) is 0 Å². The van der Waals surface area contributed by atoms with E-state index in [2.05, 4.69) is 5.10 Å². The highest BCUT2D eigenvalue weighted by atomic mass is 32.2. The Morgan fingerprint density at radius 2 is 1.87 bits per heavy atom. The largest absolute Gasteiger partial charge is 0.417 e. The normalized spacial score (nSPS) is 15.0. The van der Waals surface area contributed by atoms with Gasteiger partial charge in [-0.3, -0.25) is 9.48 Å². The number of carbonyl (C=O) groups is 1. The second-order valence-electron chi connectivity index (χ2n) is 8.06. The molecular weight excluding hydrogens is 421 g/mol. The van der Waals surface area contributed by atoms with Crippen molar-refractivity contribution in [2.24, 2.45) is 0 Å². The number of benzene rings is 1. The maximum absolute atomic E-state index is 13.1. The Morgan fingerprint density at radius 3 is 2.37 bits per heavy atom. The van der Waals surface area contributed by atoms with E-state index >= 15 is 0 Å². The van der Waals surface area contributed by atoms with E-state index in [0.29, 0.717) is 6.07 Å². The second kappa shape index (κ2) is 7.12. The summed E-state index contributed by atoms with van der Waals surface area (Å²) >= 11 is 0. The summed E-state index contributed by atoms with van der Waals surface area (Å²) in [6, 6.07) is 4.80. The molecule has 0 spiro atoms. The first-order valence-corrected chi connectivity index (χ1v) is 10.5. The molecule has 0 saturated heterocycles. The zero-order chi connectivity index (χ0) is 22.5. The number of hydrogen-bond donors (Lipinski definition) is 1. The molecular formula is C19H19F3N4O3S. The molecule has 30 heavy (non-hydrogen) atoms. The molecule has 1 aromatic carbocycles. The minimum Gasteiger partial charge on any atom is -0.266 e. The van der Waals surface area contributed by atoms with Crippen LogP contribution in [0, 0.1) is 11.3 Å². The van der Waals surface area contributed by atoms with E-state index < -0.39 is 43.7 Å². The third-order valence-corrected chi connectivity index (χ3v) is 5.88. The third kappa shape index (κ3) is 4.33. The number of nitrogens with zero attached hydrogens (tertiary/aromatic N) is 3. The number of hydrogen-bond acceptors (Lipinski definition) is 5. The zero-order valence-corrected chi connectivity index (χ0v) is 17.2. The van der Waals surface area contributed by atoms with E-state index in [1.54, 1.807) is 9.40 Å². The van der Waals surface area contributed by atoms with Crippen LogP contribution >= 0.6 is 0 Å². The van der Waals surface area contributed by atoms with E-state index in [-0.39, 0.29) is 11.6 Å². The molecule has 160 valence electrons. The van der Waals surface area contributed by atoms with Gasteiger partial charge in [0.1, 0.15) is 0 Å². The van der Waals surface area contributed by atoms with Crippen LogP contribution in [0.3, 0.4) is 0 Å². The monoisotopic (exact) mass is 440 g/mol. The Labute approximate surface area is 171 Å². The maximum Gasteiger partial charge on any atom is 0.417 e. The summed E-state index contributed by atoms with van der Waals surface area (Å²) in [5.41, 5.74) is -1.88. The molecule has 1 amide bonds. The van der Waals surface area contributed by atoms with Gasteiger partial charge in [-0.1, -0.05) is 0 Å². The van der Waals surface area contributed by atoms with Crippen LogP contribution < -0.4 is 4.72 Å². The van der Waals surface area contributed by atoms with Gasteiger partial charge in [0.2, 0.25) is 0 Å². The molecule has 11 heteroatoms. The van der Waals surface area contributed by atoms with Crippen molar-refractivity contribution in [3.05, 3.63) is 46.8 Å². The van der Waals surface area contributed by atoms with Gasteiger partial charge in [0, 0.05) is 11.6 Å². The SMILES string of the molecule is CC(C)(C)n1nc(C(=O)NS(=O)(=O)c2ccc(C#N)c(C(F)(F)F)c2)cc1C1CC1. The van der Waals surface area contributed by atoms with Crippen LogP contribution in [0.4, 0.5) is 13.2 Å². The molecule has 0 bridgehead atoms. The van der Waals surface area contributed by atoms with Crippen LogP contribution in [-0.2, 0) is 21.7 Å². The van der Waals surface area contributed by atoms with Crippen molar-refractivity contribution in [2.45, 2.75) is 56.1 Å². The molecule has 1 heterocycles. The number of amides is 1. The first-order valence-electron chi connectivity index (χ1n) is 9.03. The first kappa shape index (κ1) is 21.8. The van der Waals surface area contributed by atoms with Crippen molar-refractivity contribution in [1.29, 1.82) is 5.26 Å². The molecule has 7 nitrogen and oxygen atoms in total. The van der Waals surface area contributed by atoms with Gasteiger partial charge in [-0.15, -0.1) is 0 Å². The summed E-state index contributed by atoms with van der Waals surface area (Å²) in [6.45, 7) is 5.67. The van der Waals surface area contributed by atoms with Gasteiger partial charge < -0.3 is 0 Å².